The molecule has 2 radical (unpaired) electrons. The van der Waals surface area contributed by atoms with Gasteiger partial charge in [0.05, 0.1) is 0 Å². The van der Waals surface area contributed by atoms with Gasteiger partial charge in [-0.3, -0.25) is 0 Å². The van der Waals surface area contributed by atoms with E-state index in [1.165, 1.54) is 25.7 Å². The van der Waals surface area contributed by atoms with Crippen LogP contribution in [0.3, 0.4) is 0 Å². The van der Waals surface area contributed by atoms with Gasteiger partial charge >= 0.3 is 0 Å². The lowest BCUT2D eigenvalue weighted by Gasteiger charge is -2.19. The van der Waals surface area contributed by atoms with Gasteiger partial charge in [-0.1, -0.05) is 46.5 Å². The van der Waals surface area contributed by atoms with Crippen molar-refractivity contribution in [1.82, 2.24) is 5.32 Å². The van der Waals surface area contributed by atoms with Crippen LogP contribution in [-0.2, 0) is 0 Å². The molecule has 0 aromatic carbocycles. The summed E-state index contributed by atoms with van der Waals surface area (Å²) in [5, 5.41) is 3.49. The minimum Gasteiger partial charge on any atom is -0.314 e. The van der Waals surface area contributed by atoms with E-state index in [0.717, 1.165) is 25.3 Å². The van der Waals surface area contributed by atoms with Gasteiger partial charge in [0.1, 0.15) is 0 Å². The van der Waals surface area contributed by atoms with E-state index in [2.05, 4.69) is 33.0 Å². The van der Waals surface area contributed by atoms with Crippen LogP contribution in [0.4, 0.5) is 0 Å². The summed E-state index contributed by atoms with van der Waals surface area (Å²) >= 11 is 0. The van der Waals surface area contributed by atoms with Crippen molar-refractivity contribution in [3.05, 3.63) is 13.8 Å². The first-order valence-electron chi connectivity index (χ1n) is 6.10. The molecule has 0 aliphatic rings. The van der Waals surface area contributed by atoms with E-state index in [1.54, 1.807) is 0 Å². The standard InChI is InChI=1S/C13H27N/c1-5-8-10-13(7-3)11-14-12(4)9-6-2/h12-14H,2,4-11H2,1,3H3. The Kier molecular flexibility index (Phi) is 9.49. The second kappa shape index (κ2) is 9.51. The van der Waals surface area contributed by atoms with Gasteiger partial charge in [-0.15, -0.1) is 0 Å². The van der Waals surface area contributed by atoms with Crippen molar-refractivity contribution < 1.29 is 0 Å². The molecule has 1 N–H and O–H groups in total. The maximum absolute atomic E-state index is 4.06. The second-order valence-electron chi connectivity index (χ2n) is 4.16. The van der Waals surface area contributed by atoms with E-state index in [4.69, 9.17) is 0 Å². The molecule has 0 saturated carbocycles. The zero-order valence-corrected chi connectivity index (χ0v) is 10.0. The van der Waals surface area contributed by atoms with Crippen molar-refractivity contribution in [3.63, 3.8) is 0 Å². The van der Waals surface area contributed by atoms with Gasteiger partial charge in [0.2, 0.25) is 0 Å². The van der Waals surface area contributed by atoms with Gasteiger partial charge in [0, 0.05) is 6.04 Å². The minimum atomic E-state index is 0.392. The zero-order chi connectivity index (χ0) is 10.8. The van der Waals surface area contributed by atoms with Crippen LogP contribution in [0, 0.1) is 19.8 Å². The third kappa shape index (κ3) is 7.37. The van der Waals surface area contributed by atoms with Crippen molar-refractivity contribution >= 4 is 0 Å². The maximum atomic E-state index is 4.06. The fourth-order valence-corrected chi connectivity index (χ4v) is 1.63. The quantitative estimate of drug-likeness (QED) is 0.595. The predicted octanol–water partition coefficient (Wildman–Crippen LogP) is 3.61. The first-order chi connectivity index (χ1) is 6.74. The van der Waals surface area contributed by atoms with Crippen LogP contribution in [0.25, 0.3) is 0 Å². The molecule has 14 heavy (non-hydrogen) atoms. The fourth-order valence-electron chi connectivity index (χ4n) is 1.63. The monoisotopic (exact) mass is 197 g/mol. The van der Waals surface area contributed by atoms with Crippen molar-refractivity contribution in [2.75, 3.05) is 6.54 Å². The Morgan fingerprint density at radius 3 is 2.43 bits per heavy atom. The summed E-state index contributed by atoms with van der Waals surface area (Å²) in [6.45, 7) is 13.6. The summed E-state index contributed by atoms with van der Waals surface area (Å²) < 4.78 is 0. The number of hydrogen-bond donors (Lipinski definition) is 1. The summed E-state index contributed by atoms with van der Waals surface area (Å²) in [5.74, 6) is 0.837. The molecule has 2 unspecified atom stereocenters. The Balaban J connectivity index is 3.50. The molecule has 0 aliphatic carbocycles. The molecule has 84 valence electrons. The Morgan fingerprint density at radius 1 is 1.21 bits per heavy atom. The van der Waals surface area contributed by atoms with E-state index in [0.29, 0.717) is 6.04 Å². The zero-order valence-electron chi connectivity index (χ0n) is 10.0. The molecule has 0 rings (SSSR count). The van der Waals surface area contributed by atoms with Crippen molar-refractivity contribution in [2.24, 2.45) is 5.92 Å². The molecule has 0 aromatic rings. The average Bonchev–Trinajstić information content (AvgIpc) is 2.19. The van der Waals surface area contributed by atoms with Gasteiger partial charge in [0.25, 0.3) is 0 Å². The number of nitrogens with one attached hydrogen (secondary N) is 1. The highest BCUT2D eigenvalue weighted by Gasteiger charge is 2.07. The molecule has 0 aromatic heterocycles. The topological polar surface area (TPSA) is 12.0 Å². The number of rotatable bonds is 9. The highest BCUT2D eigenvalue weighted by molar-refractivity contribution is 4.71. The molecular formula is C13H27N. The Bertz CT molecular complexity index is 112. The molecule has 0 heterocycles. The summed E-state index contributed by atoms with van der Waals surface area (Å²) in [5.41, 5.74) is 0. The molecule has 0 fully saturated rings. The minimum absolute atomic E-state index is 0.392. The fraction of sp³-hybridized carbons (Fsp3) is 0.846. The second-order valence-corrected chi connectivity index (χ2v) is 4.16. The van der Waals surface area contributed by atoms with Crippen LogP contribution >= 0.6 is 0 Å². The van der Waals surface area contributed by atoms with Crippen LogP contribution in [0.1, 0.15) is 52.4 Å². The van der Waals surface area contributed by atoms with E-state index in [1.807, 2.05) is 0 Å². The molecule has 0 amide bonds. The smallest absolute Gasteiger partial charge is 0.00677 e. The van der Waals surface area contributed by atoms with Crippen LogP contribution in [-0.4, -0.2) is 12.6 Å². The van der Waals surface area contributed by atoms with Crippen molar-refractivity contribution in [3.8, 4) is 0 Å². The van der Waals surface area contributed by atoms with E-state index in [-0.39, 0.29) is 0 Å². The first kappa shape index (κ1) is 14.0. The molecule has 0 spiro atoms. The SMILES string of the molecule is [CH2]CCC([CH2])NCC(CC)CCCC. The van der Waals surface area contributed by atoms with Crippen LogP contribution in [0.15, 0.2) is 0 Å². The summed E-state index contributed by atoms with van der Waals surface area (Å²) in [4.78, 5) is 0. The summed E-state index contributed by atoms with van der Waals surface area (Å²) in [6.07, 6.45) is 7.37. The normalized spacial score (nSPS) is 15.4. The largest absolute Gasteiger partial charge is 0.314 e. The highest BCUT2D eigenvalue weighted by Crippen LogP contribution is 2.11. The lowest BCUT2D eigenvalue weighted by atomic mass is 9.99. The summed E-state index contributed by atoms with van der Waals surface area (Å²) in [7, 11) is 0. The van der Waals surface area contributed by atoms with Crippen LogP contribution < -0.4 is 5.32 Å². The highest BCUT2D eigenvalue weighted by atomic mass is 14.9. The third-order valence-corrected chi connectivity index (χ3v) is 2.79. The molecular weight excluding hydrogens is 170 g/mol. The molecule has 0 saturated heterocycles. The number of unbranched alkanes of at least 4 members (excludes halogenated alkanes) is 1. The van der Waals surface area contributed by atoms with E-state index >= 15 is 0 Å². The molecule has 1 heteroatoms. The molecule has 0 aliphatic heterocycles. The van der Waals surface area contributed by atoms with Gasteiger partial charge in [-0.25, -0.2) is 0 Å². The maximum Gasteiger partial charge on any atom is 0.00677 e. The van der Waals surface area contributed by atoms with Crippen molar-refractivity contribution in [1.29, 1.82) is 0 Å². The third-order valence-electron chi connectivity index (χ3n) is 2.79. The van der Waals surface area contributed by atoms with Crippen molar-refractivity contribution in [2.45, 2.75) is 58.4 Å². The average molecular weight is 197 g/mol. The number of hydrogen-bond acceptors (Lipinski definition) is 1. The Labute approximate surface area is 90.7 Å². The first-order valence-corrected chi connectivity index (χ1v) is 6.10. The van der Waals surface area contributed by atoms with Gasteiger partial charge in [0.15, 0.2) is 0 Å². The van der Waals surface area contributed by atoms with E-state index in [9.17, 15) is 0 Å². The lowest BCUT2D eigenvalue weighted by Crippen LogP contribution is -2.31. The molecule has 2 atom stereocenters. The Morgan fingerprint density at radius 2 is 1.93 bits per heavy atom. The molecule has 0 bridgehead atoms. The van der Waals surface area contributed by atoms with E-state index < -0.39 is 0 Å². The summed E-state index contributed by atoms with van der Waals surface area (Å²) in [6, 6.07) is 0.392. The molecule has 1 nitrogen and oxygen atoms in total. The van der Waals surface area contributed by atoms with Gasteiger partial charge in [-0.2, -0.15) is 0 Å². The predicted molar refractivity (Wildman–Crippen MR) is 65.0 cm³/mol. The van der Waals surface area contributed by atoms with Gasteiger partial charge < -0.3 is 5.32 Å². The lowest BCUT2D eigenvalue weighted by molar-refractivity contribution is 0.399. The van der Waals surface area contributed by atoms with Crippen LogP contribution in [0.2, 0.25) is 0 Å². The Hall–Kier alpha value is -0.0400. The van der Waals surface area contributed by atoms with Gasteiger partial charge in [-0.05, 0) is 32.2 Å². The van der Waals surface area contributed by atoms with Crippen LogP contribution in [0.5, 0.6) is 0 Å².